The van der Waals surface area contributed by atoms with Crippen LogP contribution in [0.2, 0.25) is 0 Å². The van der Waals surface area contributed by atoms with Gasteiger partial charge in [-0.1, -0.05) is 45.4 Å². The van der Waals surface area contributed by atoms with E-state index in [0.717, 1.165) is 12.3 Å². The summed E-state index contributed by atoms with van der Waals surface area (Å²) >= 11 is 0. The van der Waals surface area contributed by atoms with E-state index in [9.17, 15) is 0 Å². The summed E-state index contributed by atoms with van der Waals surface area (Å²) < 4.78 is 6.58. The summed E-state index contributed by atoms with van der Waals surface area (Å²) in [5.74, 6) is 0.758. The molecule has 3 aliphatic rings. The van der Waals surface area contributed by atoms with Crippen LogP contribution >= 0.6 is 0 Å². The third-order valence-electron chi connectivity index (χ3n) is 6.25. The van der Waals surface area contributed by atoms with E-state index < -0.39 is 0 Å². The Balaban J connectivity index is 1.63. The summed E-state index contributed by atoms with van der Waals surface area (Å²) in [6.45, 7) is 2.38. The summed E-state index contributed by atoms with van der Waals surface area (Å²) in [7, 11) is 0. The molecular formula is C17H31NO. The molecule has 0 aromatic rings. The molecule has 110 valence electrons. The molecule has 0 bridgehead atoms. The van der Waals surface area contributed by atoms with Gasteiger partial charge in [0.05, 0.1) is 12.2 Å². The Morgan fingerprint density at radius 2 is 1.63 bits per heavy atom. The Labute approximate surface area is 118 Å². The first-order valence-electron chi connectivity index (χ1n) is 8.63. The zero-order valence-corrected chi connectivity index (χ0v) is 12.6. The van der Waals surface area contributed by atoms with E-state index in [-0.39, 0.29) is 0 Å². The fraction of sp³-hybridized carbons (Fsp3) is 1.00. The summed E-state index contributed by atoms with van der Waals surface area (Å²) in [5, 5.41) is 0. The molecule has 2 nitrogen and oxygen atoms in total. The Kier molecular flexibility index (Phi) is 4.19. The average Bonchev–Trinajstić information content (AvgIpc) is 2.68. The standard InChI is InChI=1S/C17H31NO/c1-13-8-4-5-9-14(13)19-16-12-15(18)17(16)10-6-2-3-7-11-17/h13-16H,2-12,18H2,1H3. The number of nitrogens with two attached hydrogens (primary N) is 1. The van der Waals surface area contributed by atoms with Gasteiger partial charge >= 0.3 is 0 Å². The van der Waals surface area contributed by atoms with Crippen LogP contribution in [0.1, 0.15) is 77.6 Å². The topological polar surface area (TPSA) is 35.2 Å². The van der Waals surface area contributed by atoms with Crippen molar-refractivity contribution >= 4 is 0 Å². The molecule has 3 rings (SSSR count). The lowest BCUT2D eigenvalue weighted by atomic mass is 9.58. The minimum Gasteiger partial charge on any atom is -0.374 e. The van der Waals surface area contributed by atoms with Gasteiger partial charge in [0.2, 0.25) is 0 Å². The predicted octanol–water partition coefficient (Wildman–Crippen LogP) is 4.02. The lowest BCUT2D eigenvalue weighted by Gasteiger charge is -2.56. The van der Waals surface area contributed by atoms with Crippen molar-refractivity contribution in [1.29, 1.82) is 0 Å². The first-order chi connectivity index (χ1) is 9.22. The number of ether oxygens (including phenoxy) is 1. The fourth-order valence-electron chi connectivity index (χ4n) is 4.74. The van der Waals surface area contributed by atoms with E-state index in [1.807, 2.05) is 0 Å². The van der Waals surface area contributed by atoms with Gasteiger partial charge in [0, 0.05) is 11.5 Å². The van der Waals surface area contributed by atoms with Crippen LogP contribution in [-0.4, -0.2) is 18.2 Å². The summed E-state index contributed by atoms with van der Waals surface area (Å²) in [6, 6.07) is 0.412. The molecule has 0 aromatic carbocycles. The van der Waals surface area contributed by atoms with E-state index in [2.05, 4.69) is 6.92 Å². The molecule has 2 heteroatoms. The fourth-order valence-corrected chi connectivity index (χ4v) is 4.74. The van der Waals surface area contributed by atoms with Crippen molar-refractivity contribution in [3.8, 4) is 0 Å². The maximum absolute atomic E-state index is 6.58. The number of hydrogen-bond acceptors (Lipinski definition) is 2. The minimum absolute atomic E-state index is 0.355. The predicted molar refractivity (Wildman–Crippen MR) is 79.0 cm³/mol. The molecule has 0 saturated heterocycles. The van der Waals surface area contributed by atoms with Crippen LogP contribution in [0.3, 0.4) is 0 Å². The number of rotatable bonds is 2. The smallest absolute Gasteiger partial charge is 0.0665 e. The highest BCUT2D eigenvalue weighted by atomic mass is 16.5. The summed E-state index contributed by atoms with van der Waals surface area (Å²) in [6.07, 6.45) is 15.7. The lowest BCUT2D eigenvalue weighted by molar-refractivity contribution is -0.177. The molecule has 0 radical (unpaired) electrons. The molecule has 0 amide bonds. The molecule has 1 spiro atoms. The van der Waals surface area contributed by atoms with Crippen LogP contribution < -0.4 is 5.73 Å². The Morgan fingerprint density at radius 3 is 2.26 bits per heavy atom. The monoisotopic (exact) mass is 265 g/mol. The lowest BCUT2D eigenvalue weighted by Crippen LogP contribution is -2.63. The second-order valence-electron chi connectivity index (χ2n) is 7.41. The van der Waals surface area contributed by atoms with Gasteiger partial charge in [-0.05, 0) is 38.0 Å². The highest BCUT2D eigenvalue weighted by molar-refractivity contribution is 5.07. The summed E-state index contributed by atoms with van der Waals surface area (Å²) in [5.41, 5.74) is 6.76. The molecule has 0 aromatic heterocycles. The maximum atomic E-state index is 6.58. The van der Waals surface area contributed by atoms with Crippen LogP contribution in [0, 0.1) is 11.3 Å². The highest BCUT2D eigenvalue weighted by Gasteiger charge is 2.54. The normalized spacial score (nSPS) is 42.6. The average molecular weight is 265 g/mol. The van der Waals surface area contributed by atoms with Crippen molar-refractivity contribution < 1.29 is 4.74 Å². The molecule has 0 heterocycles. The molecule has 4 atom stereocenters. The second kappa shape index (κ2) is 5.73. The largest absolute Gasteiger partial charge is 0.374 e. The van der Waals surface area contributed by atoms with E-state index in [4.69, 9.17) is 10.5 Å². The summed E-state index contributed by atoms with van der Waals surface area (Å²) in [4.78, 5) is 0. The van der Waals surface area contributed by atoms with Gasteiger partial charge in [-0.15, -0.1) is 0 Å². The molecule has 3 aliphatic carbocycles. The van der Waals surface area contributed by atoms with E-state index in [1.165, 1.54) is 64.2 Å². The molecule has 4 unspecified atom stereocenters. The third-order valence-corrected chi connectivity index (χ3v) is 6.25. The zero-order chi connectivity index (χ0) is 13.3. The maximum Gasteiger partial charge on any atom is 0.0665 e. The van der Waals surface area contributed by atoms with Gasteiger partial charge in [0.1, 0.15) is 0 Å². The van der Waals surface area contributed by atoms with Crippen molar-refractivity contribution in [2.75, 3.05) is 0 Å². The highest BCUT2D eigenvalue weighted by Crippen LogP contribution is 2.52. The van der Waals surface area contributed by atoms with Gasteiger partial charge in [0.15, 0.2) is 0 Å². The van der Waals surface area contributed by atoms with Crippen LogP contribution in [0.5, 0.6) is 0 Å². The quantitative estimate of drug-likeness (QED) is 0.818. The Bertz CT molecular complexity index is 296. The van der Waals surface area contributed by atoms with Crippen molar-refractivity contribution in [1.82, 2.24) is 0 Å². The first-order valence-corrected chi connectivity index (χ1v) is 8.63. The van der Waals surface area contributed by atoms with Gasteiger partial charge in [-0.25, -0.2) is 0 Å². The Morgan fingerprint density at radius 1 is 0.947 bits per heavy atom. The van der Waals surface area contributed by atoms with Crippen molar-refractivity contribution in [2.24, 2.45) is 17.1 Å². The van der Waals surface area contributed by atoms with Crippen LogP contribution in [0.25, 0.3) is 0 Å². The van der Waals surface area contributed by atoms with Crippen molar-refractivity contribution in [3.63, 3.8) is 0 Å². The molecular weight excluding hydrogens is 234 g/mol. The third kappa shape index (κ3) is 2.58. The minimum atomic E-state index is 0.355. The second-order valence-corrected chi connectivity index (χ2v) is 7.41. The molecule has 0 aliphatic heterocycles. The van der Waals surface area contributed by atoms with E-state index in [1.54, 1.807) is 0 Å². The molecule has 2 N–H and O–H groups in total. The van der Waals surface area contributed by atoms with E-state index >= 15 is 0 Å². The van der Waals surface area contributed by atoms with Gasteiger partial charge < -0.3 is 10.5 Å². The SMILES string of the molecule is CC1CCCCC1OC1CC(N)C12CCCCCC2. The Hall–Kier alpha value is -0.0800. The van der Waals surface area contributed by atoms with Gasteiger partial charge in [-0.2, -0.15) is 0 Å². The van der Waals surface area contributed by atoms with Crippen LogP contribution in [0.15, 0.2) is 0 Å². The van der Waals surface area contributed by atoms with Gasteiger partial charge in [0.25, 0.3) is 0 Å². The molecule has 3 saturated carbocycles. The van der Waals surface area contributed by atoms with Crippen molar-refractivity contribution in [2.45, 2.75) is 95.8 Å². The van der Waals surface area contributed by atoms with Gasteiger partial charge in [-0.3, -0.25) is 0 Å². The molecule has 19 heavy (non-hydrogen) atoms. The zero-order valence-electron chi connectivity index (χ0n) is 12.6. The molecule has 3 fully saturated rings. The van der Waals surface area contributed by atoms with E-state index in [0.29, 0.717) is 23.7 Å². The van der Waals surface area contributed by atoms with Crippen LogP contribution in [-0.2, 0) is 4.74 Å². The first kappa shape index (κ1) is 13.9. The number of hydrogen-bond donors (Lipinski definition) is 1. The van der Waals surface area contributed by atoms with Crippen LogP contribution in [0.4, 0.5) is 0 Å². The van der Waals surface area contributed by atoms with Crippen molar-refractivity contribution in [3.05, 3.63) is 0 Å².